The minimum absolute atomic E-state index is 0.0417. The van der Waals surface area contributed by atoms with E-state index < -0.39 is 11.5 Å². The molecule has 0 aromatic heterocycles. The van der Waals surface area contributed by atoms with Crippen molar-refractivity contribution in [3.8, 4) is 0 Å². The molecule has 0 saturated carbocycles. The first-order valence-electron chi connectivity index (χ1n) is 6.32. The number of carboxylic acid groups (broad SMARTS) is 1. The number of ether oxygens (including phenoxy) is 1. The molecule has 1 unspecified atom stereocenters. The quantitative estimate of drug-likeness (QED) is 0.778. The number of amides is 2. The van der Waals surface area contributed by atoms with Crippen LogP contribution in [-0.2, 0) is 9.53 Å². The van der Waals surface area contributed by atoms with Crippen molar-refractivity contribution in [1.82, 2.24) is 10.2 Å². The van der Waals surface area contributed by atoms with Crippen molar-refractivity contribution in [3.63, 3.8) is 0 Å². The van der Waals surface area contributed by atoms with Crippen LogP contribution in [0.5, 0.6) is 0 Å². The van der Waals surface area contributed by atoms with E-state index in [1.54, 1.807) is 13.8 Å². The Balaban J connectivity index is 2.04. The lowest BCUT2D eigenvalue weighted by atomic mass is 9.91. The maximum atomic E-state index is 11.9. The highest BCUT2D eigenvalue weighted by Crippen LogP contribution is 2.26. The van der Waals surface area contributed by atoms with E-state index in [1.165, 1.54) is 4.90 Å². The van der Waals surface area contributed by atoms with Crippen LogP contribution in [0.3, 0.4) is 0 Å². The lowest BCUT2D eigenvalue weighted by molar-refractivity contribution is -0.147. The summed E-state index contributed by atoms with van der Waals surface area (Å²) in [5, 5.41) is 12.1. The highest BCUT2D eigenvalue weighted by molar-refractivity contribution is 5.87. The molecule has 6 nitrogen and oxygen atoms in total. The lowest BCUT2D eigenvalue weighted by Gasteiger charge is -2.31. The van der Waals surface area contributed by atoms with Gasteiger partial charge in [-0.25, -0.2) is 9.59 Å². The number of aliphatic carboxylic acids is 1. The summed E-state index contributed by atoms with van der Waals surface area (Å²) in [4.78, 5) is 24.5. The van der Waals surface area contributed by atoms with E-state index in [0.717, 1.165) is 26.1 Å². The Morgan fingerprint density at radius 1 is 1.44 bits per heavy atom. The van der Waals surface area contributed by atoms with Crippen LogP contribution in [0.2, 0.25) is 0 Å². The molecule has 2 fully saturated rings. The molecule has 0 bridgehead atoms. The standard InChI is InChI=1S/C12H20N2O4/c1-12(2,10(15)16)14-7-9(13-11(14)17)8-3-5-18-6-4-8/h8-9H,3-7H2,1-2H3,(H,13,17)(H,15,16). The molecule has 18 heavy (non-hydrogen) atoms. The summed E-state index contributed by atoms with van der Waals surface area (Å²) in [5.74, 6) is -0.595. The van der Waals surface area contributed by atoms with Gasteiger partial charge < -0.3 is 20.1 Å². The molecule has 2 aliphatic heterocycles. The van der Waals surface area contributed by atoms with Gasteiger partial charge in [0.15, 0.2) is 0 Å². The largest absolute Gasteiger partial charge is 0.480 e. The Labute approximate surface area is 106 Å². The Morgan fingerprint density at radius 3 is 2.61 bits per heavy atom. The second-order valence-electron chi connectivity index (χ2n) is 5.48. The third kappa shape index (κ3) is 2.29. The number of rotatable bonds is 3. The van der Waals surface area contributed by atoms with Gasteiger partial charge in [0.05, 0.1) is 6.04 Å². The number of carbonyl (C=O) groups excluding carboxylic acids is 1. The Kier molecular flexibility index (Phi) is 3.47. The van der Waals surface area contributed by atoms with Crippen LogP contribution in [0.25, 0.3) is 0 Å². The van der Waals surface area contributed by atoms with E-state index in [9.17, 15) is 14.7 Å². The van der Waals surface area contributed by atoms with Gasteiger partial charge in [0, 0.05) is 19.8 Å². The number of hydrogen-bond donors (Lipinski definition) is 2. The molecule has 2 saturated heterocycles. The lowest BCUT2D eigenvalue weighted by Crippen LogP contribution is -2.51. The van der Waals surface area contributed by atoms with Crippen molar-refractivity contribution >= 4 is 12.0 Å². The van der Waals surface area contributed by atoms with Crippen LogP contribution in [0.15, 0.2) is 0 Å². The second kappa shape index (κ2) is 4.76. The molecule has 2 rings (SSSR count). The normalized spacial score (nSPS) is 26.2. The van der Waals surface area contributed by atoms with E-state index >= 15 is 0 Å². The third-order valence-corrected chi connectivity index (χ3v) is 3.97. The smallest absolute Gasteiger partial charge is 0.329 e. The van der Waals surface area contributed by atoms with Crippen LogP contribution in [0.1, 0.15) is 26.7 Å². The number of carbonyl (C=O) groups is 2. The molecule has 0 radical (unpaired) electrons. The SMILES string of the molecule is CC(C)(C(=O)O)N1CC(C2CCOCC2)NC1=O. The van der Waals surface area contributed by atoms with Crippen molar-refractivity contribution in [3.05, 3.63) is 0 Å². The summed E-state index contributed by atoms with van der Waals surface area (Å²) in [5.41, 5.74) is -1.16. The maximum absolute atomic E-state index is 11.9. The van der Waals surface area contributed by atoms with Crippen LogP contribution in [0, 0.1) is 5.92 Å². The highest BCUT2D eigenvalue weighted by Gasteiger charge is 2.45. The van der Waals surface area contributed by atoms with Gasteiger partial charge in [-0.05, 0) is 32.6 Å². The summed E-state index contributed by atoms with van der Waals surface area (Å²) < 4.78 is 5.30. The molecule has 0 aliphatic carbocycles. The van der Waals surface area contributed by atoms with Crippen molar-refractivity contribution in [2.45, 2.75) is 38.3 Å². The Hall–Kier alpha value is -1.30. The number of nitrogens with one attached hydrogen (secondary N) is 1. The third-order valence-electron chi connectivity index (χ3n) is 3.97. The molecule has 1 atom stereocenters. The maximum Gasteiger partial charge on any atom is 0.329 e. The van der Waals surface area contributed by atoms with Gasteiger partial charge >= 0.3 is 12.0 Å². The van der Waals surface area contributed by atoms with E-state index in [2.05, 4.69) is 5.32 Å². The van der Waals surface area contributed by atoms with Crippen LogP contribution < -0.4 is 5.32 Å². The zero-order valence-electron chi connectivity index (χ0n) is 10.8. The first-order chi connectivity index (χ1) is 8.43. The fraction of sp³-hybridized carbons (Fsp3) is 0.833. The van der Waals surface area contributed by atoms with Crippen molar-refractivity contribution in [2.24, 2.45) is 5.92 Å². The summed E-state index contributed by atoms with van der Waals surface area (Å²) in [6.07, 6.45) is 1.85. The zero-order valence-corrected chi connectivity index (χ0v) is 10.8. The topological polar surface area (TPSA) is 78.9 Å². The molecule has 2 amide bonds. The predicted molar refractivity (Wildman–Crippen MR) is 64.3 cm³/mol. The fourth-order valence-electron chi connectivity index (χ4n) is 2.54. The number of hydrogen-bond acceptors (Lipinski definition) is 3. The molecule has 2 aliphatic rings. The number of carboxylic acids is 1. The van der Waals surface area contributed by atoms with E-state index in [1.807, 2.05) is 0 Å². The summed E-state index contributed by atoms with van der Waals surface area (Å²) in [6, 6.07) is -0.237. The number of urea groups is 1. The van der Waals surface area contributed by atoms with Crippen molar-refractivity contribution < 1.29 is 19.4 Å². The molecule has 2 heterocycles. The van der Waals surface area contributed by atoms with Gasteiger partial charge in [0.25, 0.3) is 0 Å². The number of nitrogens with zero attached hydrogens (tertiary/aromatic N) is 1. The monoisotopic (exact) mass is 256 g/mol. The summed E-state index contributed by atoms with van der Waals surface area (Å²) in [7, 11) is 0. The molecule has 0 spiro atoms. The summed E-state index contributed by atoms with van der Waals surface area (Å²) >= 11 is 0. The van der Waals surface area contributed by atoms with Crippen molar-refractivity contribution in [1.29, 1.82) is 0 Å². The van der Waals surface area contributed by atoms with Crippen LogP contribution in [-0.4, -0.2) is 53.3 Å². The first-order valence-corrected chi connectivity index (χ1v) is 6.32. The first kappa shape index (κ1) is 13.1. The van der Waals surface area contributed by atoms with Gasteiger partial charge in [0.1, 0.15) is 5.54 Å². The molecule has 0 aromatic carbocycles. The van der Waals surface area contributed by atoms with Crippen LogP contribution in [0.4, 0.5) is 4.79 Å². The zero-order chi connectivity index (χ0) is 13.3. The van der Waals surface area contributed by atoms with Gasteiger partial charge in [-0.1, -0.05) is 0 Å². The van der Waals surface area contributed by atoms with Crippen LogP contribution >= 0.6 is 0 Å². The average Bonchev–Trinajstić information content (AvgIpc) is 2.73. The van der Waals surface area contributed by atoms with E-state index in [-0.39, 0.29) is 12.1 Å². The molecule has 102 valence electrons. The average molecular weight is 256 g/mol. The predicted octanol–water partition coefficient (Wildman–Crippen LogP) is 0.670. The minimum atomic E-state index is -1.16. The highest BCUT2D eigenvalue weighted by atomic mass is 16.5. The summed E-state index contributed by atoms with van der Waals surface area (Å²) in [6.45, 7) is 5.02. The molecular formula is C12H20N2O4. The van der Waals surface area contributed by atoms with E-state index in [4.69, 9.17) is 4.74 Å². The van der Waals surface area contributed by atoms with E-state index in [0.29, 0.717) is 12.5 Å². The van der Waals surface area contributed by atoms with Gasteiger partial charge in [-0.15, -0.1) is 0 Å². The minimum Gasteiger partial charge on any atom is -0.480 e. The van der Waals surface area contributed by atoms with Gasteiger partial charge in [-0.3, -0.25) is 0 Å². The Morgan fingerprint density at radius 2 is 2.06 bits per heavy atom. The molecule has 6 heteroatoms. The molecule has 0 aromatic rings. The van der Waals surface area contributed by atoms with Gasteiger partial charge in [-0.2, -0.15) is 0 Å². The van der Waals surface area contributed by atoms with Crippen molar-refractivity contribution in [2.75, 3.05) is 19.8 Å². The van der Waals surface area contributed by atoms with Gasteiger partial charge in [0.2, 0.25) is 0 Å². The molecule has 2 N–H and O–H groups in total. The molecular weight excluding hydrogens is 236 g/mol. The second-order valence-corrected chi connectivity index (χ2v) is 5.48. The fourth-order valence-corrected chi connectivity index (χ4v) is 2.54. The Bertz CT molecular complexity index is 350.